The molecule has 0 radical (unpaired) electrons. The SMILES string of the molecule is CC(C)(C)c1nccnc1C(C)(C)C(C)(C)C. The summed E-state index contributed by atoms with van der Waals surface area (Å²) in [7, 11) is 0. The van der Waals surface area contributed by atoms with Gasteiger partial charge in [-0.15, -0.1) is 0 Å². The highest BCUT2D eigenvalue weighted by atomic mass is 14.8. The topological polar surface area (TPSA) is 25.8 Å². The first-order chi connectivity index (χ1) is 7.48. The molecule has 2 heteroatoms. The lowest BCUT2D eigenvalue weighted by Crippen LogP contribution is -2.37. The third-order valence-corrected chi connectivity index (χ3v) is 3.88. The van der Waals surface area contributed by atoms with Crippen molar-refractivity contribution in [2.24, 2.45) is 5.41 Å². The quantitative estimate of drug-likeness (QED) is 0.731. The third-order valence-electron chi connectivity index (χ3n) is 3.88. The summed E-state index contributed by atoms with van der Waals surface area (Å²) in [6.45, 7) is 17.9. The van der Waals surface area contributed by atoms with Crippen LogP contribution in [0.2, 0.25) is 0 Å². The largest absolute Gasteiger partial charge is 0.257 e. The summed E-state index contributed by atoms with van der Waals surface area (Å²) in [5.74, 6) is 0. The van der Waals surface area contributed by atoms with E-state index in [1.807, 2.05) is 0 Å². The van der Waals surface area contributed by atoms with E-state index in [0.29, 0.717) is 0 Å². The van der Waals surface area contributed by atoms with Crippen molar-refractivity contribution in [3.63, 3.8) is 0 Å². The zero-order valence-electron chi connectivity index (χ0n) is 12.5. The Kier molecular flexibility index (Phi) is 3.39. The van der Waals surface area contributed by atoms with Gasteiger partial charge in [0.1, 0.15) is 0 Å². The lowest BCUT2D eigenvalue weighted by molar-refractivity contribution is 0.215. The van der Waals surface area contributed by atoms with Gasteiger partial charge in [0, 0.05) is 23.2 Å². The molecular weight excluding hydrogens is 208 g/mol. The molecule has 0 spiro atoms. The predicted molar refractivity (Wildman–Crippen MR) is 73.2 cm³/mol. The second-order valence-corrected chi connectivity index (χ2v) is 7.38. The molecule has 0 aliphatic heterocycles. The molecule has 1 heterocycles. The molecule has 0 saturated carbocycles. The Morgan fingerprint density at radius 3 is 1.47 bits per heavy atom. The molecular formula is C15H26N2. The van der Waals surface area contributed by atoms with Crippen molar-refractivity contribution < 1.29 is 0 Å². The molecule has 0 unspecified atom stereocenters. The van der Waals surface area contributed by atoms with Gasteiger partial charge < -0.3 is 0 Å². The molecule has 17 heavy (non-hydrogen) atoms. The Morgan fingerprint density at radius 2 is 1.12 bits per heavy atom. The normalized spacial score (nSPS) is 13.9. The van der Waals surface area contributed by atoms with Crippen LogP contribution < -0.4 is 0 Å². The summed E-state index contributed by atoms with van der Waals surface area (Å²) in [6.07, 6.45) is 3.60. The van der Waals surface area contributed by atoms with E-state index in [1.165, 1.54) is 0 Å². The fourth-order valence-electron chi connectivity index (χ4n) is 1.70. The van der Waals surface area contributed by atoms with Gasteiger partial charge in [-0.2, -0.15) is 0 Å². The Balaban J connectivity index is 3.43. The molecule has 1 aromatic rings. The molecule has 0 aliphatic rings. The third kappa shape index (κ3) is 2.67. The minimum Gasteiger partial charge on any atom is -0.257 e. The van der Waals surface area contributed by atoms with Crippen LogP contribution in [0.15, 0.2) is 12.4 Å². The Labute approximate surface area is 106 Å². The van der Waals surface area contributed by atoms with Gasteiger partial charge in [0.05, 0.1) is 11.4 Å². The van der Waals surface area contributed by atoms with Crippen LogP contribution in [0.5, 0.6) is 0 Å². The van der Waals surface area contributed by atoms with Crippen molar-refractivity contribution >= 4 is 0 Å². The van der Waals surface area contributed by atoms with Crippen LogP contribution in [0.3, 0.4) is 0 Å². The lowest BCUT2D eigenvalue weighted by atomic mass is 9.65. The second kappa shape index (κ2) is 4.08. The summed E-state index contributed by atoms with van der Waals surface area (Å²) < 4.78 is 0. The van der Waals surface area contributed by atoms with E-state index >= 15 is 0 Å². The molecule has 0 N–H and O–H groups in total. The number of nitrogens with zero attached hydrogens (tertiary/aromatic N) is 2. The van der Waals surface area contributed by atoms with Crippen molar-refractivity contribution in [3.8, 4) is 0 Å². The first-order valence-corrected chi connectivity index (χ1v) is 6.30. The van der Waals surface area contributed by atoms with E-state index in [4.69, 9.17) is 0 Å². The van der Waals surface area contributed by atoms with E-state index < -0.39 is 0 Å². The highest BCUT2D eigenvalue weighted by molar-refractivity contribution is 5.28. The molecule has 0 atom stereocenters. The first-order valence-electron chi connectivity index (χ1n) is 6.30. The number of hydrogen-bond acceptors (Lipinski definition) is 2. The van der Waals surface area contributed by atoms with Crippen LogP contribution in [0, 0.1) is 5.41 Å². The summed E-state index contributed by atoms with van der Waals surface area (Å²) in [5.41, 5.74) is 2.43. The predicted octanol–water partition coefficient (Wildman–Crippen LogP) is 4.10. The first kappa shape index (κ1) is 14.1. The second-order valence-electron chi connectivity index (χ2n) is 7.38. The summed E-state index contributed by atoms with van der Waals surface area (Å²) in [5, 5.41) is 0. The minimum atomic E-state index is 0.00384. The molecule has 1 rings (SSSR count). The maximum absolute atomic E-state index is 4.62. The molecule has 0 fully saturated rings. The molecule has 96 valence electrons. The summed E-state index contributed by atoms with van der Waals surface area (Å²) in [6, 6.07) is 0. The zero-order valence-corrected chi connectivity index (χ0v) is 12.5. The Morgan fingerprint density at radius 1 is 0.706 bits per heavy atom. The average Bonchev–Trinajstić information content (AvgIpc) is 2.14. The minimum absolute atomic E-state index is 0.00384. The molecule has 2 nitrogen and oxygen atoms in total. The Hall–Kier alpha value is -0.920. The van der Waals surface area contributed by atoms with Crippen LogP contribution in [0.25, 0.3) is 0 Å². The lowest BCUT2D eigenvalue weighted by Gasteiger charge is -2.40. The standard InChI is InChI=1S/C15H26N2/c1-13(2,3)11-12(17-10-9-16-11)15(7,8)14(4,5)6/h9-10H,1-8H3. The van der Waals surface area contributed by atoms with Gasteiger partial charge in [-0.25, -0.2) is 0 Å². The van der Waals surface area contributed by atoms with Crippen LogP contribution in [-0.2, 0) is 10.8 Å². The molecule has 0 aliphatic carbocycles. The number of hydrogen-bond donors (Lipinski definition) is 0. The maximum atomic E-state index is 4.62. The van der Waals surface area contributed by atoms with Crippen LogP contribution >= 0.6 is 0 Å². The van der Waals surface area contributed by atoms with Crippen molar-refractivity contribution in [2.45, 2.75) is 66.2 Å². The van der Waals surface area contributed by atoms with Crippen LogP contribution in [-0.4, -0.2) is 9.97 Å². The smallest absolute Gasteiger partial charge is 0.0685 e. The van der Waals surface area contributed by atoms with E-state index in [-0.39, 0.29) is 16.2 Å². The van der Waals surface area contributed by atoms with Crippen molar-refractivity contribution in [3.05, 3.63) is 23.8 Å². The van der Waals surface area contributed by atoms with E-state index in [0.717, 1.165) is 11.4 Å². The van der Waals surface area contributed by atoms with E-state index in [9.17, 15) is 0 Å². The van der Waals surface area contributed by atoms with Crippen molar-refractivity contribution in [2.75, 3.05) is 0 Å². The van der Waals surface area contributed by atoms with Crippen molar-refractivity contribution in [1.29, 1.82) is 0 Å². The molecule has 1 aromatic heterocycles. The molecule has 0 amide bonds. The van der Waals surface area contributed by atoms with Gasteiger partial charge in [-0.1, -0.05) is 55.4 Å². The molecule has 0 bridgehead atoms. The summed E-state index contributed by atoms with van der Waals surface area (Å²) in [4.78, 5) is 9.19. The van der Waals surface area contributed by atoms with E-state index in [2.05, 4.69) is 65.4 Å². The highest BCUT2D eigenvalue weighted by Crippen LogP contribution is 2.42. The zero-order chi connectivity index (χ0) is 13.5. The summed E-state index contributed by atoms with van der Waals surface area (Å²) >= 11 is 0. The van der Waals surface area contributed by atoms with Gasteiger partial charge in [0.15, 0.2) is 0 Å². The monoisotopic (exact) mass is 234 g/mol. The van der Waals surface area contributed by atoms with Gasteiger partial charge in [0.2, 0.25) is 0 Å². The van der Waals surface area contributed by atoms with E-state index in [1.54, 1.807) is 12.4 Å². The van der Waals surface area contributed by atoms with Gasteiger partial charge in [0.25, 0.3) is 0 Å². The van der Waals surface area contributed by atoms with Gasteiger partial charge in [-0.3, -0.25) is 9.97 Å². The Bertz CT molecular complexity index is 392. The fraction of sp³-hybridized carbons (Fsp3) is 0.733. The molecule has 0 saturated heterocycles. The number of rotatable bonds is 1. The highest BCUT2D eigenvalue weighted by Gasteiger charge is 2.39. The van der Waals surface area contributed by atoms with Crippen LogP contribution in [0.4, 0.5) is 0 Å². The van der Waals surface area contributed by atoms with Gasteiger partial charge >= 0.3 is 0 Å². The number of aromatic nitrogens is 2. The van der Waals surface area contributed by atoms with Crippen LogP contribution in [0.1, 0.15) is 66.8 Å². The van der Waals surface area contributed by atoms with Gasteiger partial charge in [-0.05, 0) is 5.41 Å². The molecule has 0 aromatic carbocycles. The average molecular weight is 234 g/mol. The van der Waals surface area contributed by atoms with Crippen molar-refractivity contribution in [1.82, 2.24) is 9.97 Å². The maximum Gasteiger partial charge on any atom is 0.0685 e. The fourth-order valence-corrected chi connectivity index (χ4v) is 1.70.